The Bertz CT molecular complexity index is 664. The van der Waals surface area contributed by atoms with E-state index in [1.165, 1.54) is 4.90 Å². The van der Waals surface area contributed by atoms with Gasteiger partial charge in [0.2, 0.25) is 5.56 Å². The van der Waals surface area contributed by atoms with E-state index in [9.17, 15) is 9.59 Å². The number of fused-ring (bicyclic) bond motifs is 2. The average molecular weight is 306 g/mol. The molecule has 0 atom stereocenters. The maximum absolute atomic E-state index is 12.1. The summed E-state index contributed by atoms with van der Waals surface area (Å²) in [5.41, 5.74) is 2.15. The maximum Gasteiger partial charge on any atom is 0.407 e. The van der Waals surface area contributed by atoms with Crippen LogP contribution in [0.4, 0.5) is 4.79 Å². The van der Waals surface area contributed by atoms with Crippen molar-refractivity contribution >= 4 is 6.09 Å². The van der Waals surface area contributed by atoms with Gasteiger partial charge < -0.3 is 19.7 Å². The van der Waals surface area contributed by atoms with E-state index in [-0.39, 0.29) is 11.0 Å². The molecule has 0 aliphatic carbocycles. The highest BCUT2D eigenvalue weighted by Gasteiger charge is 2.45. The summed E-state index contributed by atoms with van der Waals surface area (Å²) in [6, 6.07) is 1.63. The minimum atomic E-state index is -0.894. The summed E-state index contributed by atoms with van der Waals surface area (Å²) in [5, 5.41) is 9.09. The second-order valence-corrected chi connectivity index (χ2v) is 7.20. The third-order valence-corrected chi connectivity index (χ3v) is 4.73. The van der Waals surface area contributed by atoms with Gasteiger partial charge in [-0.05, 0) is 18.4 Å². The second-order valence-electron chi connectivity index (χ2n) is 7.20. The number of carboxylic acid groups (broad SMARTS) is 1. The largest absolute Gasteiger partial charge is 0.465 e. The van der Waals surface area contributed by atoms with Crippen molar-refractivity contribution in [3.8, 4) is 0 Å². The van der Waals surface area contributed by atoms with Crippen LogP contribution in [0.25, 0.3) is 0 Å². The summed E-state index contributed by atoms with van der Waals surface area (Å²) in [5.74, 6) is 0. The Morgan fingerprint density at radius 1 is 1.36 bits per heavy atom. The first-order chi connectivity index (χ1) is 10.2. The molecule has 0 bridgehead atoms. The van der Waals surface area contributed by atoms with Crippen molar-refractivity contribution in [2.24, 2.45) is 0 Å². The molecule has 0 unspecified atom stereocenters. The number of ether oxygens (including phenoxy) is 1. The number of pyridine rings is 1. The SMILES string of the molecule is CC(C)(C)c1[nH]c(=O)cc2c1COC21CCN(C(=O)O)CC1. The molecule has 1 saturated heterocycles. The lowest BCUT2D eigenvalue weighted by Gasteiger charge is -2.38. The molecule has 120 valence electrons. The number of amides is 1. The molecule has 3 rings (SSSR count). The van der Waals surface area contributed by atoms with Gasteiger partial charge in [0.15, 0.2) is 0 Å². The van der Waals surface area contributed by atoms with Gasteiger partial charge in [-0.15, -0.1) is 0 Å². The van der Waals surface area contributed by atoms with E-state index in [4.69, 9.17) is 9.84 Å². The Balaban J connectivity index is 2.01. The lowest BCUT2D eigenvalue weighted by molar-refractivity contribution is -0.0751. The van der Waals surface area contributed by atoms with E-state index < -0.39 is 11.7 Å². The smallest absolute Gasteiger partial charge is 0.407 e. The van der Waals surface area contributed by atoms with Crippen molar-refractivity contribution < 1.29 is 14.6 Å². The molecule has 1 amide bonds. The molecule has 1 fully saturated rings. The number of hydrogen-bond donors (Lipinski definition) is 2. The summed E-state index contributed by atoms with van der Waals surface area (Å²) in [6.07, 6.45) is 0.299. The quantitative estimate of drug-likeness (QED) is 0.769. The summed E-state index contributed by atoms with van der Waals surface area (Å²) >= 11 is 0. The lowest BCUT2D eigenvalue weighted by atomic mass is 9.80. The van der Waals surface area contributed by atoms with Crippen LogP contribution in [0.2, 0.25) is 0 Å². The van der Waals surface area contributed by atoms with Gasteiger partial charge in [0.1, 0.15) is 0 Å². The Morgan fingerprint density at radius 2 is 2.00 bits per heavy atom. The maximum atomic E-state index is 12.1. The van der Waals surface area contributed by atoms with Gasteiger partial charge in [-0.25, -0.2) is 4.79 Å². The van der Waals surface area contributed by atoms with Gasteiger partial charge in [-0.1, -0.05) is 20.8 Å². The van der Waals surface area contributed by atoms with E-state index in [0.717, 1.165) is 16.8 Å². The zero-order valence-corrected chi connectivity index (χ0v) is 13.2. The van der Waals surface area contributed by atoms with Crippen LogP contribution in [-0.4, -0.2) is 34.2 Å². The van der Waals surface area contributed by atoms with Crippen molar-refractivity contribution in [2.75, 3.05) is 13.1 Å². The molecule has 22 heavy (non-hydrogen) atoms. The average Bonchev–Trinajstić information content (AvgIpc) is 2.76. The number of nitrogens with one attached hydrogen (secondary N) is 1. The fourth-order valence-electron chi connectivity index (χ4n) is 3.55. The third-order valence-electron chi connectivity index (χ3n) is 4.73. The Labute approximate surface area is 129 Å². The molecule has 2 aliphatic rings. The standard InChI is InChI=1S/C16H22N2O4/c1-15(2,3)13-10-9-22-16(11(10)8-12(19)17-13)4-6-18(7-5-16)14(20)21/h8H,4-7,9H2,1-3H3,(H,17,19)(H,20,21). The minimum Gasteiger partial charge on any atom is -0.465 e. The number of aromatic amines is 1. The highest BCUT2D eigenvalue weighted by molar-refractivity contribution is 5.65. The van der Waals surface area contributed by atoms with Crippen LogP contribution in [0.5, 0.6) is 0 Å². The Kier molecular flexibility index (Phi) is 3.32. The Hall–Kier alpha value is -1.82. The van der Waals surface area contributed by atoms with E-state index in [2.05, 4.69) is 25.8 Å². The molecule has 2 aliphatic heterocycles. The van der Waals surface area contributed by atoms with Gasteiger partial charge in [-0.3, -0.25) is 4.79 Å². The fraction of sp³-hybridized carbons (Fsp3) is 0.625. The van der Waals surface area contributed by atoms with Crippen molar-refractivity contribution in [1.82, 2.24) is 9.88 Å². The summed E-state index contributed by atoms with van der Waals surface area (Å²) < 4.78 is 6.09. The van der Waals surface area contributed by atoms with Crippen LogP contribution in [-0.2, 0) is 22.4 Å². The number of carbonyl (C=O) groups is 1. The topological polar surface area (TPSA) is 82.6 Å². The number of H-pyrrole nitrogens is 1. The highest BCUT2D eigenvalue weighted by Crippen LogP contribution is 2.45. The summed E-state index contributed by atoms with van der Waals surface area (Å²) in [6.45, 7) is 7.55. The number of hydrogen-bond acceptors (Lipinski definition) is 3. The second kappa shape index (κ2) is 4.84. The van der Waals surface area contributed by atoms with Gasteiger partial charge in [0, 0.05) is 35.8 Å². The molecule has 1 aromatic heterocycles. The first-order valence-electron chi connectivity index (χ1n) is 7.62. The third kappa shape index (κ3) is 2.31. The zero-order valence-electron chi connectivity index (χ0n) is 13.2. The molecular weight excluding hydrogens is 284 g/mol. The summed E-state index contributed by atoms with van der Waals surface area (Å²) in [7, 11) is 0. The van der Waals surface area contributed by atoms with Crippen LogP contribution < -0.4 is 5.56 Å². The van der Waals surface area contributed by atoms with Crippen molar-refractivity contribution in [3.05, 3.63) is 33.2 Å². The van der Waals surface area contributed by atoms with Crippen molar-refractivity contribution in [1.29, 1.82) is 0 Å². The van der Waals surface area contributed by atoms with Crippen LogP contribution in [0, 0.1) is 0 Å². The van der Waals surface area contributed by atoms with Crippen LogP contribution in [0.3, 0.4) is 0 Å². The van der Waals surface area contributed by atoms with Crippen molar-refractivity contribution in [2.45, 2.75) is 51.2 Å². The van der Waals surface area contributed by atoms with E-state index >= 15 is 0 Å². The number of nitrogens with zero attached hydrogens (tertiary/aromatic N) is 1. The normalized spacial score (nSPS) is 20.2. The van der Waals surface area contributed by atoms with E-state index in [1.54, 1.807) is 6.07 Å². The van der Waals surface area contributed by atoms with Crippen LogP contribution in [0.1, 0.15) is 50.4 Å². The molecule has 0 saturated carbocycles. The van der Waals surface area contributed by atoms with Gasteiger partial charge in [0.05, 0.1) is 12.2 Å². The fourth-order valence-corrected chi connectivity index (χ4v) is 3.55. The van der Waals surface area contributed by atoms with Crippen LogP contribution >= 0.6 is 0 Å². The van der Waals surface area contributed by atoms with E-state index in [0.29, 0.717) is 32.5 Å². The molecule has 6 nitrogen and oxygen atoms in total. The molecule has 2 N–H and O–H groups in total. The molecule has 1 spiro atoms. The minimum absolute atomic E-state index is 0.116. The number of aromatic nitrogens is 1. The van der Waals surface area contributed by atoms with E-state index in [1.807, 2.05) is 0 Å². The predicted molar refractivity (Wildman–Crippen MR) is 81.1 cm³/mol. The molecule has 3 heterocycles. The monoisotopic (exact) mass is 306 g/mol. The van der Waals surface area contributed by atoms with Crippen molar-refractivity contribution in [3.63, 3.8) is 0 Å². The van der Waals surface area contributed by atoms with Gasteiger partial charge in [-0.2, -0.15) is 0 Å². The molecule has 0 aromatic carbocycles. The highest BCUT2D eigenvalue weighted by atomic mass is 16.5. The van der Waals surface area contributed by atoms with Gasteiger partial charge >= 0.3 is 6.09 Å². The first kappa shape index (κ1) is 15.1. The predicted octanol–water partition coefficient (Wildman–Crippen LogP) is 2.17. The van der Waals surface area contributed by atoms with Gasteiger partial charge in [0.25, 0.3) is 0 Å². The zero-order chi connectivity index (χ0) is 16.1. The van der Waals surface area contributed by atoms with Crippen LogP contribution in [0.15, 0.2) is 10.9 Å². The first-order valence-corrected chi connectivity index (χ1v) is 7.62. The molecule has 1 aromatic rings. The Morgan fingerprint density at radius 3 is 2.55 bits per heavy atom. The summed E-state index contributed by atoms with van der Waals surface area (Å²) in [4.78, 5) is 27.5. The molecule has 0 radical (unpaired) electrons. The number of likely N-dealkylation sites (tertiary alicyclic amines) is 1. The number of rotatable bonds is 0. The number of piperidine rings is 1. The molecule has 6 heteroatoms. The lowest BCUT2D eigenvalue weighted by Crippen LogP contribution is -2.44. The molecular formula is C16H22N2O4.